The highest BCUT2D eigenvalue weighted by Gasteiger charge is 2.52. The summed E-state index contributed by atoms with van der Waals surface area (Å²) in [5.41, 5.74) is -0.332. The van der Waals surface area contributed by atoms with Gasteiger partial charge in [0.25, 0.3) is 5.91 Å². The summed E-state index contributed by atoms with van der Waals surface area (Å²) in [5.74, 6) is -0.650. The molecule has 4 amide bonds. The quantitative estimate of drug-likeness (QED) is 0.449. The summed E-state index contributed by atoms with van der Waals surface area (Å²) in [6, 6.07) is 8.78. The first kappa shape index (κ1) is 21.9. The maximum Gasteiger partial charge on any atom is 0.325 e. The van der Waals surface area contributed by atoms with Crippen molar-refractivity contribution in [2.75, 3.05) is 6.54 Å². The van der Waals surface area contributed by atoms with Crippen LogP contribution in [0.2, 0.25) is 0 Å². The maximum atomic E-state index is 13.2. The van der Waals surface area contributed by atoms with Crippen molar-refractivity contribution in [1.29, 1.82) is 0 Å². The Balaban J connectivity index is 2.01. The first-order valence-electron chi connectivity index (χ1n) is 10.4. The second kappa shape index (κ2) is 10.2. The van der Waals surface area contributed by atoms with Crippen molar-refractivity contribution in [3.8, 4) is 0 Å². The molecule has 1 aromatic rings. The van der Waals surface area contributed by atoms with E-state index in [4.69, 9.17) is 0 Å². The van der Waals surface area contributed by atoms with Crippen molar-refractivity contribution in [2.45, 2.75) is 77.3 Å². The van der Waals surface area contributed by atoms with Crippen molar-refractivity contribution >= 4 is 17.8 Å². The second-order valence-electron chi connectivity index (χ2n) is 7.66. The number of carbonyl (C=O) groups is 3. The van der Waals surface area contributed by atoms with Gasteiger partial charge < -0.3 is 10.6 Å². The predicted octanol–water partition coefficient (Wildman–Crippen LogP) is 3.71. The van der Waals surface area contributed by atoms with Gasteiger partial charge in [-0.1, -0.05) is 76.3 Å². The maximum absolute atomic E-state index is 13.2. The Hall–Kier alpha value is -2.37. The van der Waals surface area contributed by atoms with Gasteiger partial charge in [0.1, 0.15) is 12.1 Å². The van der Waals surface area contributed by atoms with E-state index in [0.717, 1.165) is 36.1 Å². The van der Waals surface area contributed by atoms with Crippen molar-refractivity contribution < 1.29 is 14.4 Å². The summed E-state index contributed by atoms with van der Waals surface area (Å²) in [5, 5.41) is 5.76. The minimum Gasteiger partial charge on any atom is -0.352 e. The molecule has 2 rings (SSSR count). The lowest BCUT2D eigenvalue weighted by Crippen LogP contribution is -2.46. The van der Waals surface area contributed by atoms with Gasteiger partial charge in [-0.15, -0.1) is 0 Å². The fraction of sp³-hybridized carbons (Fsp3) is 0.591. The molecule has 1 aromatic carbocycles. The van der Waals surface area contributed by atoms with Gasteiger partial charge in [-0.05, 0) is 25.3 Å². The molecule has 1 heterocycles. The molecule has 0 bridgehead atoms. The Labute approximate surface area is 168 Å². The van der Waals surface area contributed by atoms with Gasteiger partial charge in [0, 0.05) is 6.04 Å². The Bertz CT molecular complexity index is 677. The van der Waals surface area contributed by atoms with Crippen molar-refractivity contribution in [1.82, 2.24) is 15.5 Å². The van der Waals surface area contributed by atoms with Crippen LogP contribution in [0, 0.1) is 0 Å². The third-order valence-corrected chi connectivity index (χ3v) is 5.27. The summed E-state index contributed by atoms with van der Waals surface area (Å²) in [6.07, 6.45) is 6.71. The van der Waals surface area contributed by atoms with Crippen LogP contribution in [0.5, 0.6) is 0 Å². The van der Waals surface area contributed by atoms with E-state index in [1.54, 1.807) is 0 Å². The normalized spacial score (nSPS) is 20.2. The number of hydrogen-bond acceptors (Lipinski definition) is 3. The van der Waals surface area contributed by atoms with Crippen LogP contribution in [0.15, 0.2) is 30.3 Å². The molecule has 0 aliphatic carbocycles. The minimum atomic E-state index is -1.08. The number of nitrogens with one attached hydrogen (secondary N) is 2. The molecule has 6 nitrogen and oxygen atoms in total. The fourth-order valence-corrected chi connectivity index (χ4v) is 3.79. The van der Waals surface area contributed by atoms with Gasteiger partial charge in [-0.3, -0.25) is 14.5 Å². The van der Waals surface area contributed by atoms with Gasteiger partial charge >= 0.3 is 6.03 Å². The molecular formula is C22H33N3O3. The lowest BCUT2D eigenvalue weighted by atomic mass is 9.85. The number of nitrogens with zero attached hydrogens (tertiary/aromatic N) is 1. The number of amides is 4. The van der Waals surface area contributed by atoms with Crippen LogP contribution in [0.3, 0.4) is 0 Å². The van der Waals surface area contributed by atoms with Crippen LogP contribution in [0.25, 0.3) is 0 Å². The molecule has 6 heteroatoms. The highest BCUT2D eigenvalue weighted by molar-refractivity contribution is 6.09. The number of rotatable bonds is 11. The van der Waals surface area contributed by atoms with E-state index in [2.05, 4.69) is 17.6 Å². The van der Waals surface area contributed by atoms with E-state index in [0.29, 0.717) is 6.42 Å². The number of hydrogen-bond donors (Lipinski definition) is 2. The minimum absolute atomic E-state index is 0.0274. The highest BCUT2D eigenvalue weighted by Crippen LogP contribution is 2.33. The SMILES string of the molecule is CCCCCC[C@H](C)NC(=O)CN1C(=O)N[C@@](CCC)(c2ccccc2)C1=O. The topological polar surface area (TPSA) is 78.5 Å². The van der Waals surface area contributed by atoms with Crippen molar-refractivity contribution in [2.24, 2.45) is 0 Å². The molecule has 1 fully saturated rings. The molecule has 1 aliphatic rings. The zero-order valence-corrected chi connectivity index (χ0v) is 17.3. The summed E-state index contributed by atoms with van der Waals surface area (Å²) >= 11 is 0. The molecule has 2 atom stereocenters. The molecule has 154 valence electrons. The van der Waals surface area contributed by atoms with Gasteiger partial charge in [-0.2, -0.15) is 0 Å². The Morgan fingerprint density at radius 3 is 2.46 bits per heavy atom. The first-order valence-corrected chi connectivity index (χ1v) is 10.4. The van der Waals surface area contributed by atoms with Crippen LogP contribution < -0.4 is 10.6 Å². The monoisotopic (exact) mass is 387 g/mol. The number of urea groups is 1. The average Bonchev–Trinajstić information content (AvgIpc) is 2.91. The number of unbranched alkanes of at least 4 members (excludes halogenated alkanes) is 3. The second-order valence-corrected chi connectivity index (χ2v) is 7.66. The number of benzene rings is 1. The van der Waals surface area contributed by atoms with Crippen LogP contribution >= 0.6 is 0 Å². The van der Waals surface area contributed by atoms with E-state index in [9.17, 15) is 14.4 Å². The van der Waals surface area contributed by atoms with Crippen molar-refractivity contribution in [3.63, 3.8) is 0 Å². The third kappa shape index (κ3) is 5.12. The van der Waals surface area contributed by atoms with Crippen LogP contribution in [-0.4, -0.2) is 35.3 Å². The average molecular weight is 388 g/mol. The molecule has 0 spiro atoms. The largest absolute Gasteiger partial charge is 0.352 e. The van der Waals surface area contributed by atoms with E-state index >= 15 is 0 Å². The first-order chi connectivity index (χ1) is 13.4. The number of imide groups is 1. The molecule has 1 saturated heterocycles. The molecular weight excluding hydrogens is 354 g/mol. The van der Waals surface area contributed by atoms with Gasteiger partial charge in [0.05, 0.1) is 0 Å². The molecule has 28 heavy (non-hydrogen) atoms. The van der Waals surface area contributed by atoms with Crippen LogP contribution in [0.1, 0.15) is 71.3 Å². The zero-order valence-electron chi connectivity index (χ0n) is 17.3. The number of carbonyl (C=O) groups excluding carboxylic acids is 3. The molecule has 1 aliphatic heterocycles. The van der Waals surface area contributed by atoms with E-state index < -0.39 is 11.6 Å². The van der Waals surface area contributed by atoms with E-state index in [-0.39, 0.29) is 24.4 Å². The fourth-order valence-electron chi connectivity index (χ4n) is 3.79. The third-order valence-electron chi connectivity index (χ3n) is 5.27. The lowest BCUT2D eigenvalue weighted by molar-refractivity contribution is -0.135. The molecule has 0 aromatic heterocycles. The Morgan fingerprint density at radius 1 is 1.11 bits per heavy atom. The highest BCUT2D eigenvalue weighted by atomic mass is 16.2. The summed E-state index contributed by atoms with van der Waals surface area (Å²) in [4.78, 5) is 39.1. The Kier molecular flexibility index (Phi) is 8.03. The summed E-state index contributed by atoms with van der Waals surface area (Å²) < 4.78 is 0. The molecule has 0 saturated carbocycles. The van der Waals surface area contributed by atoms with Gasteiger partial charge in [-0.25, -0.2) is 4.79 Å². The van der Waals surface area contributed by atoms with Crippen molar-refractivity contribution in [3.05, 3.63) is 35.9 Å². The standard InChI is InChI=1S/C22H33N3O3/c1-4-6-7-9-12-17(3)23-19(26)16-25-20(27)22(15-5-2,24-21(25)28)18-13-10-8-11-14-18/h8,10-11,13-14,17H,4-7,9,12,15-16H2,1-3H3,(H,23,26)(H,24,28)/t17-,22-/m0/s1. The zero-order chi connectivity index (χ0) is 20.6. The Morgan fingerprint density at radius 2 is 1.82 bits per heavy atom. The van der Waals surface area contributed by atoms with Crippen LogP contribution in [-0.2, 0) is 15.1 Å². The van der Waals surface area contributed by atoms with E-state index in [1.165, 1.54) is 12.8 Å². The predicted molar refractivity (Wildman–Crippen MR) is 110 cm³/mol. The smallest absolute Gasteiger partial charge is 0.325 e. The summed E-state index contributed by atoms with van der Waals surface area (Å²) in [6.45, 7) is 5.85. The molecule has 0 unspecified atom stereocenters. The lowest BCUT2D eigenvalue weighted by Gasteiger charge is -2.27. The summed E-state index contributed by atoms with van der Waals surface area (Å²) in [7, 11) is 0. The van der Waals surface area contributed by atoms with Gasteiger partial charge in [0.2, 0.25) is 5.91 Å². The van der Waals surface area contributed by atoms with Gasteiger partial charge in [0.15, 0.2) is 0 Å². The van der Waals surface area contributed by atoms with E-state index in [1.807, 2.05) is 44.2 Å². The molecule has 2 N–H and O–H groups in total. The van der Waals surface area contributed by atoms with Crippen LogP contribution in [0.4, 0.5) is 4.79 Å². The molecule has 0 radical (unpaired) electrons.